The second kappa shape index (κ2) is 9.90. The van der Waals surface area contributed by atoms with E-state index in [9.17, 15) is 0 Å². The Morgan fingerprint density at radius 2 is 1.90 bits per heavy atom. The fourth-order valence-electron chi connectivity index (χ4n) is 3.44. The fourth-order valence-corrected chi connectivity index (χ4v) is 3.44. The quantitative estimate of drug-likeness (QED) is 0.566. The van der Waals surface area contributed by atoms with Crippen LogP contribution in [0.15, 0.2) is 12.1 Å². The molecule has 0 atom stereocenters. The van der Waals surface area contributed by atoms with Crippen molar-refractivity contribution in [3.05, 3.63) is 23.5 Å². The highest BCUT2D eigenvalue weighted by Gasteiger charge is 2.24. The Kier molecular flexibility index (Phi) is 7.29. The minimum absolute atomic E-state index is 0.396. The van der Waals surface area contributed by atoms with Crippen molar-refractivity contribution in [2.24, 2.45) is 0 Å². The minimum atomic E-state index is 0.396. The summed E-state index contributed by atoms with van der Waals surface area (Å²) in [5, 5.41) is 3.17. The number of aromatic nitrogens is 3. The van der Waals surface area contributed by atoms with Crippen molar-refractivity contribution < 1.29 is 4.74 Å². The SMILES string of the molecule is CCCCCOc1nc(CC)c(-c2ccc(C(C)C)nc2N2CCC2)nc1NC. The molecule has 0 saturated carbocycles. The van der Waals surface area contributed by atoms with E-state index < -0.39 is 0 Å². The first-order valence-corrected chi connectivity index (χ1v) is 11.1. The van der Waals surface area contributed by atoms with Gasteiger partial charge < -0.3 is 15.0 Å². The molecular formula is C23H35N5O. The van der Waals surface area contributed by atoms with Crippen LogP contribution in [0.5, 0.6) is 5.88 Å². The minimum Gasteiger partial charge on any atom is -0.475 e. The zero-order valence-electron chi connectivity index (χ0n) is 18.6. The number of rotatable bonds is 10. The van der Waals surface area contributed by atoms with Crippen molar-refractivity contribution >= 4 is 11.6 Å². The zero-order chi connectivity index (χ0) is 20.8. The van der Waals surface area contributed by atoms with Crippen molar-refractivity contribution in [1.29, 1.82) is 0 Å². The van der Waals surface area contributed by atoms with Crippen molar-refractivity contribution in [3.63, 3.8) is 0 Å². The van der Waals surface area contributed by atoms with Crippen LogP contribution >= 0.6 is 0 Å². The van der Waals surface area contributed by atoms with E-state index in [-0.39, 0.29) is 0 Å². The van der Waals surface area contributed by atoms with Gasteiger partial charge in [-0.15, -0.1) is 0 Å². The molecule has 2 aromatic rings. The molecule has 3 rings (SSSR count). The van der Waals surface area contributed by atoms with Crippen molar-refractivity contribution in [3.8, 4) is 17.1 Å². The molecule has 1 fully saturated rings. The monoisotopic (exact) mass is 397 g/mol. The van der Waals surface area contributed by atoms with Gasteiger partial charge in [-0.05, 0) is 37.3 Å². The third-order valence-corrected chi connectivity index (χ3v) is 5.39. The molecule has 0 aliphatic carbocycles. The maximum atomic E-state index is 5.96. The Hall–Kier alpha value is -2.37. The standard InChI is InChI=1S/C23H35N5O/c1-6-8-9-15-29-23-21(24-5)27-20(18(7-2)26-23)17-11-12-19(16(3)4)25-22(17)28-13-10-14-28/h11-12,16H,6-10,13-15H2,1-5H3,(H,24,27). The number of anilines is 2. The third kappa shape index (κ3) is 4.80. The smallest absolute Gasteiger partial charge is 0.257 e. The van der Waals surface area contributed by atoms with Gasteiger partial charge in [-0.2, -0.15) is 0 Å². The van der Waals surface area contributed by atoms with Gasteiger partial charge in [0.1, 0.15) is 5.82 Å². The number of nitrogens with zero attached hydrogens (tertiary/aromatic N) is 4. The lowest BCUT2D eigenvalue weighted by atomic mass is 10.0. The summed E-state index contributed by atoms with van der Waals surface area (Å²) < 4.78 is 5.96. The molecule has 0 bridgehead atoms. The number of hydrogen-bond acceptors (Lipinski definition) is 6. The number of pyridine rings is 1. The second-order valence-electron chi connectivity index (χ2n) is 7.93. The fraction of sp³-hybridized carbons (Fsp3) is 0.609. The van der Waals surface area contributed by atoms with Gasteiger partial charge in [0.25, 0.3) is 5.88 Å². The predicted molar refractivity (Wildman–Crippen MR) is 120 cm³/mol. The molecule has 0 unspecified atom stereocenters. The number of nitrogens with one attached hydrogen (secondary N) is 1. The topological polar surface area (TPSA) is 63.2 Å². The molecule has 158 valence electrons. The second-order valence-corrected chi connectivity index (χ2v) is 7.93. The van der Waals surface area contributed by atoms with Crippen molar-refractivity contribution in [2.45, 2.75) is 65.7 Å². The van der Waals surface area contributed by atoms with E-state index in [4.69, 9.17) is 19.7 Å². The summed E-state index contributed by atoms with van der Waals surface area (Å²) in [5.74, 6) is 2.72. The average Bonchev–Trinajstić information content (AvgIpc) is 2.69. The molecule has 2 aromatic heterocycles. The Morgan fingerprint density at radius 3 is 2.48 bits per heavy atom. The Morgan fingerprint density at radius 1 is 1.10 bits per heavy atom. The summed E-state index contributed by atoms with van der Waals surface area (Å²) in [4.78, 5) is 17.1. The molecule has 0 aromatic carbocycles. The van der Waals surface area contributed by atoms with E-state index >= 15 is 0 Å². The Labute approximate surface area is 175 Å². The van der Waals surface area contributed by atoms with Crippen LogP contribution < -0.4 is 15.0 Å². The average molecular weight is 398 g/mol. The van der Waals surface area contributed by atoms with Gasteiger partial charge in [0.2, 0.25) is 0 Å². The van der Waals surface area contributed by atoms with Crippen LogP contribution in [0, 0.1) is 0 Å². The summed E-state index contributed by atoms with van der Waals surface area (Å²) in [6.07, 6.45) is 5.37. The highest BCUT2D eigenvalue weighted by atomic mass is 16.5. The molecule has 1 N–H and O–H groups in total. The summed E-state index contributed by atoms with van der Waals surface area (Å²) in [7, 11) is 1.87. The van der Waals surface area contributed by atoms with E-state index in [1.54, 1.807) is 0 Å². The number of ether oxygens (including phenoxy) is 1. The molecule has 3 heterocycles. The summed E-state index contributed by atoms with van der Waals surface area (Å²) >= 11 is 0. The van der Waals surface area contributed by atoms with Gasteiger partial charge in [-0.3, -0.25) is 0 Å². The Balaban J connectivity index is 2.01. The summed E-state index contributed by atoms with van der Waals surface area (Å²) in [5.41, 5.74) is 4.04. The van der Waals surface area contributed by atoms with Gasteiger partial charge >= 0.3 is 0 Å². The maximum Gasteiger partial charge on any atom is 0.257 e. The van der Waals surface area contributed by atoms with Gasteiger partial charge in [0, 0.05) is 31.4 Å². The molecule has 0 spiro atoms. The lowest BCUT2D eigenvalue weighted by Gasteiger charge is -2.34. The first-order chi connectivity index (χ1) is 14.1. The van der Waals surface area contributed by atoms with Crippen molar-refractivity contribution in [2.75, 3.05) is 37.0 Å². The molecule has 0 radical (unpaired) electrons. The van der Waals surface area contributed by atoms with Crippen LogP contribution in [0.4, 0.5) is 11.6 Å². The van der Waals surface area contributed by atoms with Crippen LogP contribution in [0.3, 0.4) is 0 Å². The molecule has 1 aliphatic heterocycles. The summed E-state index contributed by atoms with van der Waals surface area (Å²) in [6, 6.07) is 4.29. The molecule has 29 heavy (non-hydrogen) atoms. The molecule has 1 saturated heterocycles. The number of aryl methyl sites for hydroxylation is 1. The molecule has 6 heteroatoms. The maximum absolute atomic E-state index is 5.96. The highest BCUT2D eigenvalue weighted by Crippen LogP contribution is 2.36. The molecule has 0 amide bonds. The molecular weight excluding hydrogens is 362 g/mol. The first kappa shape index (κ1) is 21.3. The lowest BCUT2D eigenvalue weighted by Crippen LogP contribution is -2.38. The largest absolute Gasteiger partial charge is 0.475 e. The van der Waals surface area contributed by atoms with E-state index in [0.717, 1.165) is 60.8 Å². The van der Waals surface area contributed by atoms with Gasteiger partial charge in [-0.25, -0.2) is 15.0 Å². The van der Waals surface area contributed by atoms with E-state index in [1.165, 1.54) is 12.8 Å². The van der Waals surface area contributed by atoms with Gasteiger partial charge in [-0.1, -0.05) is 40.5 Å². The van der Waals surface area contributed by atoms with Crippen LogP contribution in [0.1, 0.15) is 70.7 Å². The lowest BCUT2D eigenvalue weighted by molar-refractivity contribution is 0.294. The molecule has 1 aliphatic rings. The van der Waals surface area contributed by atoms with Crippen LogP contribution in [-0.4, -0.2) is 41.7 Å². The van der Waals surface area contributed by atoms with E-state index in [0.29, 0.717) is 24.2 Å². The normalized spacial score (nSPS) is 13.5. The molecule has 6 nitrogen and oxygen atoms in total. The van der Waals surface area contributed by atoms with Crippen LogP contribution in [0.25, 0.3) is 11.3 Å². The highest BCUT2D eigenvalue weighted by molar-refractivity contribution is 5.77. The summed E-state index contributed by atoms with van der Waals surface area (Å²) in [6.45, 7) is 11.4. The van der Waals surface area contributed by atoms with E-state index in [1.807, 2.05) is 7.05 Å². The Bertz CT molecular complexity index is 817. The first-order valence-electron chi connectivity index (χ1n) is 11.1. The predicted octanol–water partition coefficient (Wildman–Crippen LogP) is 5.05. The van der Waals surface area contributed by atoms with Gasteiger partial charge in [0.15, 0.2) is 5.82 Å². The van der Waals surface area contributed by atoms with Crippen LogP contribution in [-0.2, 0) is 6.42 Å². The van der Waals surface area contributed by atoms with Crippen LogP contribution in [0.2, 0.25) is 0 Å². The van der Waals surface area contributed by atoms with Gasteiger partial charge in [0.05, 0.1) is 18.0 Å². The third-order valence-electron chi connectivity index (χ3n) is 5.39. The number of hydrogen-bond donors (Lipinski definition) is 1. The number of unbranched alkanes of at least 4 members (excludes halogenated alkanes) is 2. The van der Waals surface area contributed by atoms with Crippen molar-refractivity contribution in [1.82, 2.24) is 15.0 Å². The van der Waals surface area contributed by atoms with E-state index in [2.05, 4.69) is 50.0 Å². The zero-order valence-corrected chi connectivity index (χ0v) is 18.6.